The number of carboxylic acids is 1. The zero-order valence-electron chi connectivity index (χ0n) is 18.1. The van der Waals surface area contributed by atoms with Crippen LogP contribution >= 0.6 is 0 Å². The average molecular weight is 458 g/mol. The van der Waals surface area contributed by atoms with Crippen molar-refractivity contribution in [2.75, 3.05) is 13.2 Å². The maximum atomic E-state index is 12.6. The molecule has 0 fully saturated rings. The summed E-state index contributed by atoms with van der Waals surface area (Å²) in [5, 5.41) is 13.7. The molecule has 172 valence electrons. The zero-order valence-corrected chi connectivity index (χ0v) is 18.1. The molecule has 0 radical (unpaired) electrons. The Kier molecular flexibility index (Phi) is 6.89. The van der Waals surface area contributed by atoms with E-state index in [0.717, 1.165) is 22.3 Å². The number of fused-ring (bicyclic) bond motifs is 3. The molecule has 3 aromatic rings. The predicted octanol–water partition coefficient (Wildman–Crippen LogP) is 2.06. The fourth-order valence-electron chi connectivity index (χ4n) is 3.98. The number of aromatic nitrogens is 2. The van der Waals surface area contributed by atoms with Crippen molar-refractivity contribution in [3.05, 3.63) is 77.9 Å². The van der Waals surface area contributed by atoms with Gasteiger partial charge in [0.2, 0.25) is 5.91 Å². The van der Waals surface area contributed by atoms with E-state index < -0.39 is 24.0 Å². The van der Waals surface area contributed by atoms with Crippen molar-refractivity contribution < 1.29 is 24.2 Å². The molecule has 1 aliphatic carbocycles. The molecule has 9 nitrogen and oxygen atoms in total. The fourth-order valence-corrected chi connectivity index (χ4v) is 3.98. The van der Waals surface area contributed by atoms with Crippen molar-refractivity contribution >= 4 is 18.0 Å². The molecule has 34 heavy (non-hydrogen) atoms. The highest BCUT2D eigenvalue weighted by molar-refractivity contribution is 5.88. The highest BCUT2D eigenvalue weighted by Crippen LogP contribution is 2.44. The van der Waals surface area contributed by atoms with Crippen molar-refractivity contribution in [1.82, 2.24) is 20.6 Å². The van der Waals surface area contributed by atoms with Crippen LogP contribution in [0.2, 0.25) is 0 Å². The Hall–Kier alpha value is -4.58. The number of imidazole rings is 1. The number of nitrogens with zero attached hydrogens (tertiary/aromatic N) is 1. The second-order valence-corrected chi connectivity index (χ2v) is 7.63. The summed E-state index contributed by atoms with van der Waals surface area (Å²) in [5.41, 5.74) is 5.04. The minimum Gasteiger partial charge on any atom is -0.472 e. The van der Waals surface area contributed by atoms with E-state index in [9.17, 15) is 14.4 Å². The van der Waals surface area contributed by atoms with Gasteiger partial charge in [-0.1, -0.05) is 54.5 Å². The summed E-state index contributed by atoms with van der Waals surface area (Å²) in [6.07, 6.45) is 2.42. The number of carbonyl (C=O) groups is 3. The summed E-state index contributed by atoms with van der Waals surface area (Å²) in [5.74, 6) is 2.31. The van der Waals surface area contributed by atoms with Gasteiger partial charge in [0.25, 0.3) is 0 Å². The second kappa shape index (κ2) is 10.4. The summed E-state index contributed by atoms with van der Waals surface area (Å²) in [7, 11) is 0. The maximum Gasteiger partial charge on any atom is 0.407 e. The lowest BCUT2D eigenvalue weighted by atomic mass is 9.98. The smallest absolute Gasteiger partial charge is 0.407 e. The van der Waals surface area contributed by atoms with Crippen LogP contribution in [-0.4, -0.2) is 52.2 Å². The molecule has 2 aromatic carbocycles. The number of aliphatic carboxylic acids is 1. The molecule has 0 unspecified atom stereocenters. The number of aromatic amines is 1. The Labute approximate surface area is 195 Å². The monoisotopic (exact) mass is 458 g/mol. The van der Waals surface area contributed by atoms with E-state index in [0.29, 0.717) is 5.69 Å². The normalized spacial score (nSPS) is 12.5. The van der Waals surface area contributed by atoms with Crippen molar-refractivity contribution in [3.8, 4) is 23.0 Å². The number of carbonyl (C=O) groups excluding carboxylic acids is 2. The molecule has 0 saturated carbocycles. The standard InChI is InChI=1S/C25H22N4O5/c30-23(31)10-5-11-27-24(32)22(12-16-13-26-15-28-16)29-25(33)34-14-21-19-8-3-1-6-17(19)18-7-2-4-9-20(18)21/h1-4,6-9,13,15,21-22H,11-12,14H2,(H,26,28)(H,27,32)(H,29,33)(H,30,31)/t22-/m0/s1. The molecule has 0 spiro atoms. The Balaban J connectivity index is 1.41. The number of carboxylic acid groups (broad SMARTS) is 1. The van der Waals surface area contributed by atoms with Gasteiger partial charge in [-0.15, -0.1) is 0 Å². The van der Waals surface area contributed by atoms with E-state index >= 15 is 0 Å². The van der Waals surface area contributed by atoms with Gasteiger partial charge in [0.15, 0.2) is 0 Å². The second-order valence-electron chi connectivity index (χ2n) is 7.63. The summed E-state index contributed by atoms with van der Waals surface area (Å²) >= 11 is 0. The molecule has 4 rings (SSSR count). The summed E-state index contributed by atoms with van der Waals surface area (Å²) in [4.78, 5) is 42.6. The van der Waals surface area contributed by atoms with E-state index in [-0.39, 0.29) is 25.5 Å². The SMILES string of the molecule is O=C(O)C#CCNC(=O)[C@H](Cc1cnc[nH]1)NC(=O)OCC1c2ccccc2-c2ccccc21. The first-order valence-corrected chi connectivity index (χ1v) is 10.6. The van der Waals surface area contributed by atoms with Gasteiger partial charge in [-0.25, -0.2) is 14.6 Å². The molecule has 0 aliphatic heterocycles. The van der Waals surface area contributed by atoms with E-state index in [2.05, 4.69) is 26.5 Å². The summed E-state index contributed by atoms with van der Waals surface area (Å²) in [6.45, 7) is -0.0562. The number of amides is 2. The van der Waals surface area contributed by atoms with Crippen LogP contribution in [0.25, 0.3) is 11.1 Å². The average Bonchev–Trinajstić information content (AvgIpc) is 3.46. The quantitative estimate of drug-likeness (QED) is 0.401. The minimum absolute atomic E-state index is 0.107. The van der Waals surface area contributed by atoms with E-state index in [1.165, 1.54) is 6.33 Å². The third kappa shape index (κ3) is 5.24. The zero-order chi connectivity index (χ0) is 23.9. The van der Waals surface area contributed by atoms with Crippen LogP contribution in [0.4, 0.5) is 4.79 Å². The van der Waals surface area contributed by atoms with Gasteiger partial charge in [0.05, 0.1) is 12.9 Å². The number of hydrogen-bond donors (Lipinski definition) is 4. The molecule has 9 heteroatoms. The first-order valence-electron chi connectivity index (χ1n) is 10.6. The molecule has 2 amide bonds. The van der Waals surface area contributed by atoms with Gasteiger partial charge < -0.3 is 25.5 Å². The fraction of sp³-hybridized carbons (Fsp3) is 0.200. The van der Waals surface area contributed by atoms with Crippen molar-refractivity contribution in [1.29, 1.82) is 0 Å². The lowest BCUT2D eigenvalue weighted by Crippen LogP contribution is -2.48. The molecule has 0 bridgehead atoms. The molecular weight excluding hydrogens is 436 g/mol. The first-order chi connectivity index (χ1) is 16.5. The topological polar surface area (TPSA) is 133 Å². The number of hydrogen-bond acceptors (Lipinski definition) is 5. The van der Waals surface area contributed by atoms with Crippen LogP contribution in [-0.2, 0) is 20.7 Å². The third-order valence-electron chi connectivity index (χ3n) is 5.48. The number of nitrogens with one attached hydrogen (secondary N) is 3. The van der Waals surface area contributed by atoms with E-state index in [1.54, 1.807) is 6.20 Å². The van der Waals surface area contributed by atoms with Gasteiger partial charge in [-0.3, -0.25) is 4.79 Å². The molecule has 4 N–H and O–H groups in total. The molecule has 1 aromatic heterocycles. The number of H-pyrrole nitrogens is 1. The minimum atomic E-state index is -1.29. The molecule has 1 heterocycles. The van der Waals surface area contributed by atoms with Crippen molar-refractivity contribution in [2.24, 2.45) is 0 Å². The summed E-state index contributed by atoms with van der Waals surface area (Å²) in [6, 6.07) is 15.0. The number of ether oxygens (including phenoxy) is 1. The van der Waals surface area contributed by atoms with Crippen LogP contribution in [0.1, 0.15) is 22.7 Å². The van der Waals surface area contributed by atoms with E-state index in [1.807, 2.05) is 54.5 Å². The molecule has 1 aliphatic rings. The van der Waals surface area contributed by atoms with Crippen molar-refractivity contribution in [2.45, 2.75) is 18.4 Å². The van der Waals surface area contributed by atoms with E-state index in [4.69, 9.17) is 9.84 Å². The van der Waals surface area contributed by atoms with Crippen LogP contribution in [0.15, 0.2) is 61.1 Å². The van der Waals surface area contributed by atoms with Crippen LogP contribution in [0.3, 0.4) is 0 Å². The molecular formula is C25H22N4O5. The first kappa shape index (κ1) is 22.6. The lowest BCUT2D eigenvalue weighted by molar-refractivity contribution is -0.130. The van der Waals surface area contributed by atoms with Gasteiger partial charge in [-0.2, -0.15) is 0 Å². The van der Waals surface area contributed by atoms with Crippen molar-refractivity contribution in [3.63, 3.8) is 0 Å². The molecule has 0 saturated heterocycles. The largest absolute Gasteiger partial charge is 0.472 e. The van der Waals surface area contributed by atoms with Crippen LogP contribution in [0.5, 0.6) is 0 Å². The highest BCUT2D eigenvalue weighted by atomic mass is 16.5. The van der Waals surface area contributed by atoms with Gasteiger partial charge in [0.1, 0.15) is 12.6 Å². The highest BCUT2D eigenvalue weighted by Gasteiger charge is 2.30. The summed E-state index contributed by atoms with van der Waals surface area (Å²) < 4.78 is 5.54. The lowest BCUT2D eigenvalue weighted by Gasteiger charge is -2.19. The van der Waals surface area contributed by atoms with Gasteiger partial charge in [-0.05, 0) is 22.3 Å². The third-order valence-corrected chi connectivity index (χ3v) is 5.48. The van der Waals surface area contributed by atoms with Gasteiger partial charge >= 0.3 is 12.1 Å². The Morgan fingerprint density at radius 3 is 2.38 bits per heavy atom. The van der Waals surface area contributed by atoms with Crippen LogP contribution < -0.4 is 10.6 Å². The Bertz CT molecular complexity index is 1210. The predicted molar refractivity (Wildman–Crippen MR) is 123 cm³/mol. The Morgan fingerprint density at radius 2 is 1.76 bits per heavy atom. The maximum absolute atomic E-state index is 12.6. The number of benzene rings is 2. The number of alkyl carbamates (subject to hydrolysis) is 1. The van der Waals surface area contributed by atoms with Crippen LogP contribution in [0, 0.1) is 11.8 Å². The van der Waals surface area contributed by atoms with Gasteiger partial charge in [0, 0.05) is 30.1 Å². The number of rotatable bonds is 7. The molecule has 1 atom stereocenters. The Morgan fingerprint density at radius 1 is 1.09 bits per heavy atom.